The predicted octanol–water partition coefficient (Wildman–Crippen LogP) is 6.24. The third-order valence-corrected chi connectivity index (χ3v) is 7.47. The molecule has 2 aromatic heterocycles. The standard InChI is InChI=1S/C20H16S2/c1-14-6-7-17(21-14)18-9-8-16(22-18)15-5-4-11-19-10-2-3-12-20(15,19)13-19/h2-12H,13H2,1H3. The predicted molar refractivity (Wildman–Crippen MR) is 97.2 cm³/mol. The average molecular weight is 320 g/mol. The van der Waals surface area contributed by atoms with Crippen LogP contribution in [-0.4, -0.2) is 0 Å². The van der Waals surface area contributed by atoms with E-state index in [1.165, 1.54) is 31.5 Å². The minimum Gasteiger partial charge on any atom is -0.140 e. The van der Waals surface area contributed by atoms with Gasteiger partial charge >= 0.3 is 0 Å². The van der Waals surface area contributed by atoms with E-state index in [1.807, 2.05) is 22.7 Å². The molecule has 108 valence electrons. The molecule has 5 rings (SSSR count). The highest BCUT2D eigenvalue weighted by atomic mass is 32.1. The van der Waals surface area contributed by atoms with Gasteiger partial charge in [-0.05, 0) is 43.2 Å². The molecule has 3 aliphatic rings. The summed E-state index contributed by atoms with van der Waals surface area (Å²) in [6.45, 7) is 2.17. The Morgan fingerprint density at radius 2 is 1.55 bits per heavy atom. The molecule has 0 N–H and O–H groups in total. The summed E-state index contributed by atoms with van der Waals surface area (Å²) in [5.41, 5.74) is 1.99. The Kier molecular flexibility index (Phi) is 2.46. The van der Waals surface area contributed by atoms with Crippen molar-refractivity contribution < 1.29 is 0 Å². The van der Waals surface area contributed by atoms with Crippen LogP contribution in [0.1, 0.15) is 16.2 Å². The van der Waals surface area contributed by atoms with Gasteiger partial charge in [0.15, 0.2) is 0 Å². The van der Waals surface area contributed by atoms with Crippen molar-refractivity contribution in [2.45, 2.75) is 13.3 Å². The molecule has 0 amide bonds. The van der Waals surface area contributed by atoms with Crippen LogP contribution in [0.15, 0.2) is 66.8 Å². The molecule has 2 heteroatoms. The van der Waals surface area contributed by atoms with E-state index in [0.29, 0.717) is 0 Å². The van der Waals surface area contributed by atoms with Crippen LogP contribution in [0.2, 0.25) is 0 Å². The van der Waals surface area contributed by atoms with Crippen LogP contribution in [0.4, 0.5) is 0 Å². The molecule has 0 aliphatic heterocycles. The lowest BCUT2D eigenvalue weighted by molar-refractivity contribution is 0.679. The van der Waals surface area contributed by atoms with E-state index < -0.39 is 0 Å². The monoisotopic (exact) mass is 320 g/mol. The minimum absolute atomic E-state index is 0.226. The van der Waals surface area contributed by atoms with Gasteiger partial charge in [0, 0.05) is 30.3 Å². The number of hydrogen-bond donors (Lipinski definition) is 0. The molecule has 1 saturated carbocycles. The molecule has 0 saturated heterocycles. The topological polar surface area (TPSA) is 0 Å². The molecule has 2 unspecified atom stereocenters. The van der Waals surface area contributed by atoms with E-state index in [2.05, 4.69) is 73.7 Å². The Hall–Kier alpha value is -1.64. The average Bonchev–Trinajstić information content (AvgIpc) is 2.82. The summed E-state index contributed by atoms with van der Waals surface area (Å²) in [5, 5.41) is 0. The molecule has 0 nitrogen and oxygen atoms in total. The number of allylic oxidation sites excluding steroid dienone is 8. The molecule has 0 bridgehead atoms. The summed E-state index contributed by atoms with van der Waals surface area (Å²) >= 11 is 3.82. The zero-order valence-corrected chi connectivity index (χ0v) is 14.0. The van der Waals surface area contributed by atoms with Gasteiger partial charge in [-0.1, -0.05) is 42.5 Å². The quantitative estimate of drug-likeness (QED) is 0.614. The Morgan fingerprint density at radius 1 is 0.818 bits per heavy atom. The van der Waals surface area contributed by atoms with Crippen LogP contribution in [-0.2, 0) is 0 Å². The number of thiophene rings is 2. The highest BCUT2D eigenvalue weighted by Crippen LogP contribution is 2.75. The number of rotatable bonds is 2. The van der Waals surface area contributed by atoms with Gasteiger partial charge in [-0.25, -0.2) is 0 Å². The second-order valence-corrected chi connectivity index (χ2v) is 8.79. The maximum Gasteiger partial charge on any atom is 0.0449 e. The summed E-state index contributed by atoms with van der Waals surface area (Å²) in [6.07, 6.45) is 17.4. The minimum atomic E-state index is 0.226. The van der Waals surface area contributed by atoms with Gasteiger partial charge in [-0.3, -0.25) is 0 Å². The molecular weight excluding hydrogens is 304 g/mol. The van der Waals surface area contributed by atoms with Crippen LogP contribution in [0.5, 0.6) is 0 Å². The van der Waals surface area contributed by atoms with Gasteiger partial charge in [0.05, 0.1) is 0 Å². The first-order chi connectivity index (χ1) is 10.7. The molecule has 22 heavy (non-hydrogen) atoms. The Morgan fingerprint density at radius 3 is 2.41 bits per heavy atom. The van der Waals surface area contributed by atoms with E-state index in [4.69, 9.17) is 0 Å². The Bertz CT molecular complexity index is 886. The van der Waals surface area contributed by atoms with Gasteiger partial charge in [-0.2, -0.15) is 0 Å². The molecule has 0 spiro atoms. The summed E-state index contributed by atoms with van der Waals surface area (Å²) in [6, 6.07) is 9.05. The van der Waals surface area contributed by atoms with Crippen LogP contribution in [0.25, 0.3) is 15.3 Å². The molecule has 0 radical (unpaired) electrons. The van der Waals surface area contributed by atoms with E-state index in [0.717, 1.165) is 0 Å². The normalized spacial score (nSPS) is 30.9. The Labute approximate surface area is 138 Å². The van der Waals surface area contributed by atoms with Gasteiger partial charge in [0.25, 0.3) is 0 Å². The second-order valence-electron chi connectivity index (χ2n) is 6.42. The fourth-order valence-corrected chi connectivity index (χ4v) is 6.01. The van der Waals surface area contributed by atoms with Gasteiger partial charge < -0.3 is 0 Å². The van der Waals surface area contributed by atoms with E-state index in [-0.39, 0.29) is 10.8 Å². The van der Waals surface area contributed by atoms with E-state index in [1.54, 1.807) is 0 Å². The highest BCUT2D eigenvalue weighted by molar-refractivity contribution is 7.22. The summed E-state index contributed by atoms with van der Waals surface area (Å²) in [4.78, 5) is 5.58. The zero-order valence-electron chi connectivity index (χ0n) is 12.4. The molecular formula is C20H16S2. The van der Waals surface area contributed by atoms with Gasteiger partial charge in [0.2, 0.25) is 0 Å². The van der Waals surface area contributed by atoms with Crippen LogP contribution in [0.3, 0.4) is 0 Å². The molecule has 2 atom stereocenters. The SMILES string of the molecule is Cc1ccc(-c2ccc(C3=CC=CC45C=CC=CC34C5)s2)s1. The molecule has 2 aromatic rings. The van der Waals surface area contributed by atoms with E-state index >= 15 is 0 Å². The lowest BCUT2D eigenvalue weighted by atomic mass is 9.79. The summed E-state index contributed by atoms with van der Waals surface area (Å²) in [5.74, 6) is 0. The summed E-state index contributed by atoms with van der Waals surface area (Å²) in [7, 11) is 0. The fraction of sp³-hybridized carbons (Fsp3) is 0.200. The molecule has 0 aromatic carbocycles. The smallest absolute Gasteiger partial charge is 0.0449 e. The maximum atomic E-state index is 2.41. The van der Waals surface area contributed by atoms with E-state index in [9.17, 15) is 0 Å². The largest absolute Gasteiger partial charge is 0.140 e. The molecule has 1 fully saturated rings. The maximum absolute atomic E-state index is 2.41. The Balaban J connectivity index is 1.57. The van der Waals surface area contributed by atoms with Crippen molar-refractivity contribution in [3.05, 3.63) is 76.6 Å². The van der Waals surface area contributed by atoms with Crippen molar-refractivity contribution in [1.82, 2.24) is 0 Å². The molecule has 3 aliphatic carbocycles. The van der Waals surface area contributed by atoms with Crippen LogP contribution < -0.4 is 0 Å². The second kappa shape index (κ2) is 4.21. The van der Waals surface area contributed by atoms with Crippen molar-refractivity contribution in [1.29, 1.82) is 0 Å². The van der Waals surface area contributed by atoms with Crippen molar-refractivity contribution in [2.24, 2.45) is 10.8 Å². The van der Waals surface area contributed by atoms with Gasteiger partial charge in [0.1, 0.15) is 0 Å². The lowest BCUT2D eigenvalue weighted by Gasteiger charge is -2.25. The number of aryl methyl sites for hydroxylation is 1. The fourth-order valence-electron chi connectivity index (χ4n) is 3.93. The summed E-state index contributed by atoms with van der Waals surface area (Å²) < 4.78 is 0. The number of hydrogen-bond acceptors (Lipinski definition) is 2. The third kappa shape index (κ3) is 1.57. The van der Waals surface area contributed by atoms with Crippen molar-refractivity contribution in [2.75, 3.05) is 0 Å². The van der Waals surface area contributed by atoms with Crippen LogP contribution in [0, 0.1) is 17.8 Å². The third-order valence-electron chi connectivity index (χ3n) is 5.15. The molecule has 2 heterocycles. The van der Waals surface area contributed by atoms with Crippen molar-refractivity contribution in [3.8, 4) is 9.75 Å². The van der Waals surface area contributed by atoms with Gasteiger partial charge in [-0.15, -0.1) is 22.7 Å². The lowest BCUT2D eigenvalue weighted by Crippen LogP contribution is -2.14. The first kappa shape index (κ1) is 12.9. The first-order valence-corrected chi connectivity index (χ1v) is 9.30. The first-order valence-electron chi connectivity index (χ1n) is 7.67. The zero-order chi connectivity index (χ0) is 14.8. The van der Waals surface area contributed by atoms with Crippen molar-refractivity contribution >= 4 is 28.2 Å². The van der Waals surface area contributed by atoms with Crippen LogP contribution >= 0.6 is 22.7 Å². The van der Waals surface area contributed by atoms with Crippen molar-refractivity contribution in [3.63, 3.8) is 0 Å². The highest BCUT2D eigenvalue weighted by Gasteiger charge is 2.66.